The Morgan fingerprint density at radius 2 is 2.17 bits per heavy atom. The minimum absolute atomic E-state index is 0.0266. The number of fused-ring (bicyclic) bond motifs is 3. The fraction of sp³-hybridized carbons (Fsp3) is 0.684. The first kappa shape index (κ1) is 7.32. The average Bonchev–Trinajstić information content (AvgIpc) is 2.64. The SMILES string of the molecule is [2H]c1c2c(c([2H])c(OC([2H])([2H])[2H])c1OC([2H])([2H])[2H])C1N(CC2)CC([2H])(CC(C)C)C([2H])(O)C1([2H])[2H]. The third-order valence-electron chi connectivity index (χ3n) is 4.19. The Hall–Kier alpha value is -1.26. The van der Waals surface area contributed by atoms with E-state index in [0.29, 0.717) is 0 Å². The molecular weight excluding hydrogens is 290 g/mol. The summed E-state index contributed by atoms with van der Waals surface area (Å²) in [5, 5.41) is 11.1. The number of nitrogens with zero attached hydrogens (tertiary/aromatic N) is 1. The van der Waals surface area contributed by atoms with E-state index in [9.17, 15) is 5.11 Å². The van der Waals surface area contributed by atoms with Gasteiger partial charge in [-0.1, -0.05) is 13.8 Å². The van der Waals surface area contributed by atoms with Crippen molar-refractivity contribution in [2.24, 2.45) is 11.8 Å². The Kier molecular flexibility index (Phi) is 2.13. The van der Waals surface area contributed by atoms with Gasteiger partial charge >= 0.3 is 0 Å². The van der Waals surface area contributed by atoms with Gasteiger partial charge in [-0.15, -0.1) is 0 Å². The van der Waals surface area contributed by atoms with Crippen LogP contribution in [0, 0.1) is 11.8 Å². The molecule has 128 valence electrons. The number of ether oxygens (including phenoxy) is 2. The molecule has 0 radical (unpaired) electrons. The molecule has 0 aliphatic carbocycles. The number of hydrogen-bond acceptors (Lipinski definition) is 4. The minimum Gasteiger partial charge on any atom is -0.493 e. The van der Waals surface area contributed by atoms with E-state index in [4.69, 9.17) is 25.9 Å². The van der Waals surface area contributed by atoms with Gasteiger partial charge in [0, 0.05) is 23.2 Å². The summed E-state index contributed by atoms with van der Waals surface area (Å²) >= 11 is 0. The number of methoxy groups -OCH3 is 2. The van der Waals surface area contributed by atoms with Gasteiger partial charge in [0.1, 0.15) is 0 Å². The van der Waals surface area contributed by atoms with Gasteiger partial charge in [0.05, 0.1) is 32.5 Å². The maximum Gasteiger partial charge on any atom is 0.161 e. The lowest BCUT2D eigenvalue weighted by molar-refractivity contribution is -0.0191. The van der Waals surface area contributed by atoms with E-state index in [1.807, 2.05) is 0 Å². The van der Waals surface area contributed by atoms with Crippen LogP contribution in [0.3, 0.4) is 0 Å². The van der Waals surface area contributed by atoms with Crippen LogP contribution in [0.15, 0.2) is 12.1 Å². The van der Waals surface area contributed by atoms with Crippen LogP contribution in [-0.4, -0.2) is 43.3 Å². The molecule has 1 N–H and O–H groups in total. The molecule has 23 heavy (non-hydrogen) atoms. The standard InChI is InChI=1S/C19H29NO3/c1-12(2)7-14-11-20-6-5-13-8-18(22-3)19(23-4)9-15(13)16(20)10-17(14)21/h8-9,12,14,16-17,21H,5-7,10-11H2,1-4H3/i3D3,4D3,8D,9D,10D2,14D,17D. The van der Waals surface area contributed by atoms with Crippen LogP contribution in [0.4, 0.5) is 0 Å². The van der Waals surface area contributed by atoms with E-state index in [1.165, 1.54) is 4.90 Å². The van der Waals surface area contributed by atoms with Crippen LogP contribution in [0.5, 0.6) is 11.5 Å². The summed E-state index contributed by atoms with van der Waals surface area (Å²) in [6.07, 6.45) is -5.68. The lowest BCUT2D eigenvalue weighted by Gasteiger charge is -2.46. The lowest BCUT2D eigenvalue weighted by Crippen LogP contribution is -2.48. The van der Waals surface area contributed by atoms with Crippen molar-refractivity contribution in [1.29, 1.82) is 0 Å². The van der Waals surface area contributed by atoms with Crippen LogP contribution in [0.2, 0.25) is 0 Å². The molecule has 0 aromatic heterocycles. The number of benzene rings is 1. The monoisotopic (exact) mass is 331 g/mol. The first-order valence-corrected chi connectivity index (χ1v) is 7.63. The summed E-state index contributed by atoms with van der Waals surface area (Å²) in [5.41, 5.74) is -0.157. The fourth-order valence-electron chi connectivity index (χ4n) is 3.20. The predicted octanol–water partition coefficient (Wildman–Crippen LogP) is 3.03. The second kappa shape index (κ2) is 6.70. The molecule has 0 bridgehead atoms. The van der Waals surface area contributed by atoms with Crippen molar-refractivity contribution in [2.75, 3.05) is 27.2 Å². The van der Waals surface area contributed by atoms with Gasteiger partial charge < -0.3 is 14.6 Å². The van der Waals surface area contributed by atoms with E-state index in [0.717, 1.165) is 0 Å². The molecule has 0 spiro atoms. The topological polar surface area (TPSA) is 41.9 Å². The summed E-state index contributed by atoms with van der Waals surface area (Å²) in [5.74, 6) is -3.67. The molecule has 1 fully saturated rings. The maximum atomic E-state index is 11.1. The predicted molar refractivity (Wildman–Crippen MR) is 91.1 cm³/mol. The molecule has 3 unspecified atom stereocenters. The molecule has 2 aliphatic rings. The van der Waals surface area contributed by atoms with Crippen molar-refractivity contribution in [3.8, 4) is 11.5 Å². The van der Waals surface area contributed by atoms with Crippen LogP contribution in [0.25, 0.3) is 0 Å². The van der Waals surface area contributed by atoms with Crippen molar-refractivity contribution in [3.05, 3.63) is 23.2 Å². The van der Waals surface area contributed by atoms with Gasteiger partial charge in [0.2, 0.25) is 0 Å². The van der Waals surface area contributed by atoms with Gasteiger partial charge in [0.15, 0.2) is 11.5 Å². The van der Waals surface area contributed by atoms with Crippen molar-refractivity contribution in [2.45, 2.75) is 45.2 Å². The van der Waals surface area contributed by atoms with E-state index in [2.05, 4.69) is 0 Å². The number of hydrogen-bond donors (Lipinski definition) is 1. The molecule has 2 heterocycles. The molecule has 2 aliphatic heterocycles. The largest absolute Gasteiger partial charge is 0.493 e. The third-order valence-corrected chi connectivity index (χ3v) is 4.19. The van der Waals surface area contributed by atoms with Crippen molar-refractivity contribution < 1.29 is 31.0 Å². The molecule has 1 aromatic carbocycles. The van der Waals surface area contributed by atoms with Crippen LogP contribution < -0.4 is 9.47 Å². The first-order chi connectivity index (χ1) is 15.6. The Balaban J connectivity index is 2.28. The molecular formula is C19H29NO3. The fourth-order valence-corrected chi connectivity index (χ4v) is 3.20. The van der Waals surface area contributed by atoms with E-state index < -0.39 is 62.0 Å². The summed E-state index contributed by atoms with van der Waals surface area (Å²) in [4.78, 5) is 1.52. The van der Waals surface area contributed by atoms with Gasteiger partial charge in [-0.05, 0) is 54.2 Å². The van der Waals surface area contributed by atoms with Crippen molar-refractivity contribution in [1.82, 2.24) is 4.90 Å². The summed E-state index contributed by atoms with van der Waals surface area (Å²) in [7, 11) is -6.24. The first-order valence-electron chi connectivity index (χ1n) is 13.6. The molecule has 0 amide bonds. The van der Waals surface area contributed by atoms with Gasteiger partial charge in [-0.2, -0.15) is 0 Å². The zero-order valence-electron chi connectivity index (χ0n) is 25.2. The molecule has 0 saturated carbocycles. The zero-order chi connectivity index (χ0) is 26.9. The van der Waals surface area contributed by atoms with Crippen molar-refractivity contribution >= 4 is 0 Å². The molecule has 1 aromatic rings. The van der Waals surface area contributed by atoms with E-state index >= 15 is 0 Å². The summed E-state index contributed by atoms with van der Waals surface area (Å²) in [6.45, 7) is 3.48. The summed E-state index contributed by atoms with van der Waals surface area (Å²) in [6, 6.07) is -2.76. The smallest absolute Gasteiger partial charge is 0.161 e. The Labute approximate surface area is 156 Å². The Morgan fingerprint density at radius 1 is 1.43 bits per heavy atom. The van der Waals surface area contributed by atoms with Gasteiger partial charge in [-0.25, -0.2) is 0 Å². The second-order valence-corrected chi connectivity index (χ2v) is 6.32. The number of rotatable bonds is 4. The minimum atomic E-state index is -3.15. The van der Waals surface area contributed by atoms with Crippen LogP contribution in [0.1, 0.15) is 60.3 Å². The highest BCUT2D eigenvalue weighted by Crippen LogP contribution is 2.43. The third kappa shape index (κ3) is 3.20. The molecule has 4 nitrogen and oxygen atoms in total. The quantitative estimate of drug-likeness (QED) is 0.921. The Bertz CT molecular complexity index is 991. The van der Waals surface area contributed by atoms with Gasteiger partial charge in [-0.3, -0.25) is 4.90 Å². The van der Waals surface area contributed by atoms with E-state index in [1.54, 1.807) is 13.8 Å². The normalized spacial score (nSPS) is 44.8. The number of piperidine rings is 1. The van der Waals surface area contributed by atoms with Crippen LogP contribution in [-0.2, 0) is 6.42 Å². The maximum absolute atomic E-state index is 11.1. The Morgan fingerprint density at radius 3 is 2.87 bits per heavy atom. The zero-order valence-corrected chi connectivity index (χ0v) is 13.2. The van der Waals surface area contributed by atoms with E-state index in [-0.39, 0.29) is 43.0 Å². The second-order valence-electron chi connectivity index (χ2n) is 6.32. The average molecular weight is 332 g/mol. The highest BCUT2D eigenvalue weighted by Gasteiger charge is 2.38. The van der Waals surface area contributed by atoms with Crippen LogP contribution >= 0.6 is 0 Å². The van der Waals surface area contributed by atoms with Crippen molar-refractivity contribution in [3.63, 3.8) is 0 Å². The number of aliphatic hydroxyl groups is 1. The highest BCUT2D eigenvalue weighted by molar-refractivity contribution is 5.49. The molecule has 4 heteroatoms. The molecule has 3 rings (SSSR count). The summed E-state index contributed by atoms with van der Waals surface area (Å²) < 4.78 is 106. The highest BCUT2D eigenvalue weighted by atomic mass is 16.5. The molecule has 1 saturated heterocycles. The lowest BCUT2D eigenvalue weighted by atomic mass is 9.79. The van der Waals surface area contributed by atoms with Gasteiger partial charge in [0.25, 0.3) is 0 Å². The molecule has 3 atom stereocenters.